The topological polar surface area (TPSA) is 77.1 Å². The van der Waals surface area contributed by atoms with Gasteiger partial charge in [0.1, 0.15) is 18.5 Å². The summed E-state index contributed by atoms with van der Waals surface area (Å²) in [7, 11) is 1.58. The molecule has 2 amide bonds. The van der Waals surface area contributed by atoms with E-state index in [0.29, 0.717) is 36.9 Å². The number of anilines is 1. The normalized spacial score (nSPS) is 20.8. The van der Waals surface area contributed by atoms with Gasteiger partial charge in [0, 0.05) is 24.7 Å². The monoisotopic (exact) mass is 382 g/mol. The fourth-order valence-corrected chi connectivity index (χ4v) is 3.43. The van der Waals surface area contributed by atoms with Crippen molar-refractivity contribution in [3.63, 3.8) is 0 Å². The minimum atomic E-state index is -0.393. The highest BCUT2D eigenvalue weighted by Gasteiger charge is 2.35. The van der Waals surface area contributed by atoms with Gasteiger partial charge in [0.05, 0.1) is 19.6 Å². The Hall–Kier alpha value is -3.22. The number of nitrogens with one attached hydrogen (secondary N) is 1. The minimum absolute atomic E-state index is 0.0698. The number of carbonyl (C=O) groups is 2. The Morgan fingerprint density at radius 3 is 2.86 bits per heavy atom. The SMILES string of the molecule is COc1cccc(N2CC(C(=O)NCC3COc4ccccc4O3)CC2=O)c1. The van der Waals surface area contributed by atoms with Crippen LogP contribution in [-0.4, -0.2) is 44.7 Å². The lowest BCUT2D eigenvalue weighted by atomic mass is 10.1. The number of ether oxygens (including phenoxy) is 3. The van der Waals surface area contributed by atoms with Crippen molar-refractivity contribution < 1.29 is 23.8 Å². The van der Waals surface area contributed by atoms with E-state index in [1.54, 1.807) is 18.1 Å². The maximum absolute atomic E-state index is 12.6. The molecule has 2 aromatic rings. The highest BCUT2D eigenvalue weighted by atomic mass is 16.6. The van der Waals surface area contributed by atoms with Gasteiger partial charge in [-0.1, -0.05) is 18.2 Å². The molecule has 1 fully saturated rings. The van der Waals surface area contributed by atoms with E-state index in [0.717, 1.165) is 5.69 Å². The molecule has 2 aromatic carbocycles. The van der Waals surface area contributed by atoms with Gasteiger partial charge in [0.15, 0.2) is 11.5 Å². The number of benzene rings is 2. The predicted molar refractivity (Wildman–Crippen MR) is 103 cm³/mol. The van der Waals surface area contributed by atoms with E-state index < -0.39 is 5.92 Å². The molecule has 2 atom stereocenters. The molecule has 0 bridgehead atoms. The van der Waals surface area contributed by atoms with E-state index in [-0.39, 0.29) is 24.3 Å². The average molecular weight is 382 g/mol. The number of para-hydroxylation sites is 2. The molecule has 2 aliphatic rings. The lowest BCUT2D eigenvalue weighted by Gasteiger charge is -2.26. The summed E-state index contributed by atoms with van der Waals surface area (Å²) >= 11 is 0. The number of methoxy groups -OCH3 is 1. The highest BCUT2D eigenvalue weighted by Crippen LogP contribution is 2.31. The molecular formula is C21H22N2O5. The van der Waals surface area contributed by atoms with E-state index in [9.17, 15) is 9.59 Å². The van der Waals surface area contributed by atoms with Crippen LogP contribution in [0.1, 0.15) is 6.42 Å². The van der Waals surface area contributed by atoms with Crippen molar-refractivity contribution in [2.45, 2.75) is 12.5 Å². The Labute approximate surface area is 163 Å². The third-order valence-electron chi connectivity index (χ3n) is 4.93. The molecule has 2 heterocycles. The van der Waals surface area contributed by atoms with E-state index in [4.69, 9.17) is 14.2 Å². The third kappa shape index (κ3) is 3.74. The molecule has 0 aliphatic carbocycles. The van der Waals surface area contributed by atoms with Crippen molar-refractivity contribution in [2.24, 2.45) is 5.92 Å². The Morgan fingerprint density at radius 2 is 2.04 bits per heavy atom. The van der Waals surface area contributed by atoms with Crippen LogP contribution in [0.5, 0.6) is 17.2 Å². The number of amides is 2. The van der Waals surface area contributed by atoms with Gasteiger partial charge in [0.25, 0.3) is 0 Å². The molecule has 0 aromatic heterocycles. The Kier molecular flexibility index (Phi) is 5.06. The average Bonchev–Trinajstić information content (AvgIpc) is 3.13. The van der Waals surface area contributed by atoms with Crippen molar-refractivity contribution in [2.75, 3.05) is 31.7 Å². The van der Waals surface area contributed by atoms with Crippen LogP contribution in [0.15, 0.2) is 48.5 Å². The standard InChI is InChI=1S/C21H22N2O5/c1-26-16-6-4-5-15(10-16)23-12-14(9-20(23)24)21(25)22-11-17-13-27-18-7-2-3-8-19(18)28-17/h2-8,10,14,17H,9,11-13H2,1H3,(H,22,25). The van der Waals surface area contributed by atoms with Crippen LogP contribution < -0.4 is 24.4 Å². The van der Waals surface area contributed by atoms with Crippen molar-refractivity contribution >= 4 is 17.5 Å². The summed E-state index contributed by atoms with van der Waals surface area (Å²) in [6.45, 7) is 1.05. The van der Waals surface area contributed by atoms with Gasteiger partial charge < -0.3 is 24.4 Å². The molecule has 2 unspecified atom stereocenters. The molecule has 146 valence electrons. The quantitative estimate of drug-likeness (QED) is 0.856. The highest BCUT2D eigenvalue weighted by molar-refractivity contribution is 6.00. The molecule has 4 rings (SSSR count). The van der Waals surface area contributed by atoms with Crippen molar-refractivity contribution in [1.82, 2.24) is 5.32 Å². The van der Waals surface area contributed by atoms with Gasteiger partial charge in [-0.05, 0) is 24.3 Å². The number of rotatable bonds is 5. The first kappa shape index (κ1) is 18.2. The van der Waals surface area contributed by atoms with Crippen LogP contribution in [0.3, 0.4) is 0 Å². The zero-order chi connectivity index (χ0) is 19.5. The molecule has 0 saturated carbocycles. The number of hydrogen-bond donors (Lipinski definition) is 1. The van der Waals surface area contributed by atoms with Crippen molar-refractivity contribution in [3.8, 4) is 17.2 Å². The molecule has 1 saturated heterocycles. The second-order valence-electron chi connectivity index (χ2n) is 6.85. The van der Waals surface area contributed by atoms with Crippen LogP contribution in [-0.2, 0) is 9.59 Å². The van der Waals surface area contributed by atoms with E-state index in [1.165, 1.54) is 0 Å². The summed E-state index contributed by atoms with van der Waals surface area (Å²) in [4.78, 5) is 26.6. The summed E-state index contributed by atoms with van der Waals surface area (Å²) in [5.74, 6) is 1.44. The van der Waals surface area contributed by atoms with Gasteiger partial charge in [-0.25, -0.2) is 0 Å². The lowest BCUT2D eigenvalue weighted by Crippen LogP contribution is -2.43. The Bertz CT molecular complexity index is 885. The van der Waals surface area contributed by atoms with Gasteiger partial charge >= 0.3 is 0 Å². The summed E-state index contributed by atoms with van der Waals surface area (Å²) in [6.07, 6.45) is -0.0705. The second-order valence-corrected chi connectivity index (χ2v) is 6.85. The van der Waals surface area contributed by atoms with Gasteiger partial charge in [-0.15, -0.1) is 0 Å². The molecule has 0 spiro atoms. The molecule has 1 N–H and O–H groups in total. The van der Waals surface area contributed by atoms with E-state index in [2.05, 4.69) is 5.32 Å². The molecular weight excluding hydrogens is 360 g/mol. The summed E-state index contributed by atoms with van der Waals surface area (Å²) < 4.78 is 16.7. The van der Waals surface area contributed by atoms with Crippen LogP contribution in [0.2, 0.25) is 0 Å². The fourth-order valence-electron chi connectivity index (χ4n) is 3.43. The first-order valence-electron chi connectivity index (χ1n) is 9.24. The third-order valence-corrected chi connectivity index (χ3v) is 4.93. The van der Waals surface area contributed by atoms with Gasteiger partial charge in [-0.3, -0.25) is 9.59 Å². The molecule has 2 aliphatic heterocycles. The van der Waals surface area contributed by atoms with Crippen LogP contribution in [0, 0.1) is 5.92 Å². The zero-order valence-electron chi connectivity index (χ0n) is 15.6. The lowest BCUT2D eigenvalue weighted by molar-refractivity contribution is -0.126. The molecule has 0 radical (unpaired) electrons. The number of nitrogens with zero attached hydrogens (tertiary/aromatic N) is 1. The summed E-state index contributed by atoms with van der Waals surface area (Å²) in [5.41, 5.74) is 0.736. The summed E-state index contributed by atoms with van der Waals surface area (Å²) in [6, 6.07) is 14.7. The number of carbonyl (C=O) groups excluding carboxylic acids is 2. The predicted octanol–water partition coefficient (Wildman–Crippen LogP) is 2.00. The maximum Gasteiger partial charge on any atom is 0.227 e. The first-order chi connectivity index (χ1) is 13.6. The van der Waals surface area contributed by atoms with Crippen LogP contribution >= 0.6 is 0 Å². The van der Waals surface area contributed by atoms with E-state index >= 15 is 0 Å². The van der Waals surface area contributed by atoms with E-state index in [1.807, 2.05) is 42.5 Å². The molecule has 28 heavy (non-hydrogen) atoms. The smallest absolute Gasteiger partial charge is 0.227 e. The zero-order valence-corrected chi connectivity index (χ0v) is 15.6. The second kappa shape index (κ2) is 7.80. The molecule has 7 heteroatoms. The van der Waals surface area contributed by atoms with Gasteiger partial charge in [-0.2, -0.15) is 0 Å². The maximum atomic E-state index is 12.6. The van der Waals surface area contributed by atoms with Gasteiger partial charge in [0.2, 0.25) is 11.8 Å². The van der Waals surface area contributed by atoms with Crippen molar-refractivity contribution in [1.29, 1.82) is 0 Å². The number of fused-ring (bicyclic) bond motifs is 1. The fraction of sp³-hybridized carbons (Fsp3) is 0.333. The van der Waals surface area contributed by atoms with Crippen LogP contribution in [0.4, 0.5) is 5.69 Å². The van der Waals surface area contributed by atoms with Crippen molar-refractivity contribution in [3.05, 3.63) is 48.5 Å². The summed E-state index contributed by atoms with van der Waals surface area (Å²) in [5, 5.41) is 2.89. The largest absolute Gasteiger partial charge is 0.497 e. The first-order valence-corrected chi connectivity index (χ1v) is 9.24. The Balaban J connectivity index is 1.33. The Morgan fingerprint density at radius 1 is 1.21 bits per heavy atom. The molecule has 7 nitrogen and oxygen atoms in total. The minimum Gasteiger partial charge on any atom is -0.497 e. The number of hydrogen-bond acceptors (Lipinski definition) is 5. The van der Waals surface area contributed by atoms with Crippen LogP contribution in [0.25, 0.3) is 0 Å².